The third-order valence-corrected chi connectivity index (χ3v) is 3.60. The van der Waals surface area contributed by atoms with Crippen molar-refractivity contribution in [2.45, 2.75) is 31.9 Å². The Hall–Kier alpha value is -2.08. The Balaban J connectivity index is 1.85. The SMILES string of the molecule is Cc1cccc(CCNC(=O)N2C[C@H](O)C[C@@H]2C(=O)O)c1. The van der Waals surface area contributed by atoms with Gasteiger partial charge in [-0.25, -0.2) is 9.59 Å². The van der Waals surface area contributed by atoms with Crippen LogP contribution < -0.4 is 5.32 Å². The Labute approximate surface area is 123 Å². The van der Waals surface area contributed by atoms with E-state index in [1.165, 1.54) is 4.90 Å². The van der Waals surface area contributed by atoms with Crippen LogP contribution in [0.15, 0.2) is 24.3 Å². The minimum atomic E-state index is -1.08. The fourth-order valence-electron chi connectivity index (χ4n) is 2.56. The van der Waals surface area contributed by atoms with Crippen molar-refractivity contribution in [3.05, 3.63) is 35.4 Å². The third kappa shape index (κ3) is 3.95. The number of hydrogen-bond donors (Lipinski definition) is 3. The van der Waals surface area contributed by atoms with Gasteiger partial charge in [0.25, 0.3) is 0 Å². The maximum Gasteiger partial charge on any atom is 0.326 e. The summed E-state index contributed by atoms with van der Waals surface area (Å²) in [5.41, 5.74) is 2.28. The van der Waals surface area contributed by atoms with Crippen molar-refractivity contribution in [3.63, 3.8) is 0 Å². The average Bonchev–Trinajstić information content (AvgIpc) is 2.81. The largest absolute Gasteiger partial charge is 0.480 e. The summed E-state index contributed by atoms with van der Waals surface area (Å²) in [4.78, 5) is 24.2. The molecular formula is C15H20N2O4. The molecule has 3 N–H and O–H groups in total. The number of likely N-dealkylation sites (tertiary alicyclic amines) is 1. The molecular weight excluding hydrogens is 272 g/mol. The van der Waals surface area contributed by atoms with Crippen molar-refractivity contribution in [1.82, 2.24) is 10.2 Å². The summed E-state index contributed by atoms with van der Waals surface area (Å²) >= 11 is 0. The normalized spacial score (nSPS) is 21.3. The zero-order chi connectivity index (χ0) is 15.4. The number of aliphatic hydroxyl groups excluding tert-OH is 1. The van der Waals surface area contributed by atoms with Crippen LogP contribution in [0, 0.1) is 6.92 Å². The second-order valence-corrected chi connectivity index (χ2v) is 5.37. The molecule has 0 aromatic heterocycles. The highest BCUT2D eigenvalue weighted by atomic mass is 16.4. The highest BCUT2D eigenvalue weighted by molar-refractivity contribution is 5.83. The van der Waals surface area contributed by atoms with Crippen molar-refractivity contribution in [2.24, 2.45) is 0 Å². The third-order valence-electron chi connectivity index (χ3n) is 3.60. The molecule has 0 spiro atoms. The first-order valence-corrected chi connectivity index (χ1v) is 6.98. The predicted molar refractivity (Wildman–Crippen MR) is 77.0 cm³/mol. The zero-order valence-electron chi connectivity index (χ0n) is 12.0. The lowest BCUT2D eigenvalue weighted by atomic mass is 10.1. The number of carbonyl (C=O) groups is 2. The van der Waals surface area contributed by atoms with Crippen molar-refractivity contribution in [2.75, 3.05) is 13.1 Å². The van der Waals surface area contributed by atoms with Gasteiger partial charge in [-0.2, -0.15) is 0 Å². The van der Waals surface area contributed by atoms with E-state index in [-0.39, 0.29) is 13.0 Å². The summed E-state index contributed by atoms with van der Waals surface area (Å²) in [6.07, 6.45) is -0.00374. The van der Waals surface area contributed by atoms with Crippen LogP contribution in [-0.4, -0.2) is 52.3 Å². The van der Waals surface area contributed by atoms with E-state index in [0.29, 0.717) is 13.0 Å². The molecule has 1 aromatic rings. The summed E-state index contributed by atoms with van der Waals surface area (Å²) < 4.78 is 0. The van der Waals surface area contributed by atoms with Crippen LogP contribution in [-0.2, 0) is 11.2 Å². The van der Waals surface area contributed by atoms with E-state index >= 15 is 0 Å². The first kappa shape index (κ1) is 15.3. The number of amides is 2. The quantitative estimate of drug-likeness (QED) is 0.764. The summed E-state index contributed by atoms with van der Waals surface area (Å²) in [6, 6.07) is 6.62. The Morgan fingerprint density at radius 1 is 1.43 bits per heavy atom. The molecule has 0 unspecified atom stereocenters. The molecule has 0 aliphatic carbocycles. The van der Waals surface area contributed by atoms with E-state index in [1.807, 2.05) is 31.2 Å². The molecule has 1 saturated heterocycles. The first-order valence-electron chi connectivity index (χ1n) is 6.98. The van der Waals surface area contributed by atoms with Gasteiger partial charge >= 0.3 is 12.0 Å². The Morgan fingerprint density at radius 2 is 2.19 bits per heavy atom. The molecule has 0 saturated carbocycles. The summed E-state index contributed by atoms with van der Waals surface area (Å²) in [5.74, 6) is -1.08. The monoisotopic (exact) mass is 292 g/mol. The van der Waals surface area contributed by atoms with Gasteiger partial charge in [0, 0.05) is 19.5 Å². The Morgan fingerprint density at radius 3 is 2.86 bits per heavy atom. The molecule has 2 atom stereocenters. The van der Waals surface area contributed by atoms with E-state index in [4.69, 9.17) is 5.11 Å². The summed E-state index contributed by atoms with van der Waals surface area (Å²) in [6.45, 7) is 2.50. The Kier molecular flexibility index (Phi) is 4.80. The number of carbonyl (C=O) groups excluding carboxylic acids is 1. The van der Waals surface area contributed by atoms with E-state index in [9.17, 15) is 14.7 Å². The van der Waals surface area contributed by atoms with Crippen molar-refractivity contribution >= 4 is 12.0 Å². The van der Waals surface area contributed by atoms with E-state index in [0.717, 1.165) is 11.1 Å². The summed E-state index contributed by atoms with van der Waals surface area (Å²) in [5, 5.41) is 21.3. The molecule has 0 bridgehead atoms. The predicted octanol–water partition coefficient (Wildman–Crippen LogP) is 0.767. The van der Waals surface area contributed by atoms with Crippen molar-refractivity contribution in [1.29, 1.82) is 0 Å². The second-order valence-electron chi connectivity index (χ2n) is 5.37. The molecule has 114 valence electrons. The van der Waals surface area contributed by atoms with Gasteiger partial charge in [-0.05, 0) is 18.9 Å². The molecule has 6 nitrogen and oxygen atoms in total. The zero-order valence-corrected chi connectivity index (χ0v) is 12.0. The molecule has 0 radical (unpaired) electrons. The lowest BCUT2D eigenvalue weighted by Gasteiger charge is -2.21. The molecule has 2 rings (SSSR count). The van der Waals surface area contributed by atoms with Crippen LogP contribution in [0.4, 0.5) is 4.79 Å². The molecule has 2 amide bonds. The number of carboxylic acid groups (broad SMARTS) is 1. The number of carboxylic acids is 1. The van der Waals surface area contributed by atoms with E-state index < -0.39 is 24.1 Å². The lowest BCUT2D eigenvalue weighted by molar-refractivity contribution is -0.141. The van der Waals surface area contributed by atoms with Crippen LogP contribution in [0.3, 0.4) is 0 Å². The lowest BCUT2D eigenvalue weighted by Crippen LogP contribution is -2.46. The smallest absolute Gasteiger partial charge is 0.326 e. The molecule has 21 heavy (non-hydrogen) atoms. The van der Waals surface area contributed by atoms with Crippen molar-refractivity contribution < 1.29 is 19.8 Å². The Bertz CT molecular complexity index is 532. The van der Waals surface area contributed by atoms with Crippen LogP contribution >= 0.6 is 0 Å². The van der Waals surface area contributed by atoms with Crippen LogP contribution in [0.1, 0.15) is 17.5 Å². The molecule has 1 aromatic carbocycles. The van der Waals surface area contributed by atoms with E-state index in [1.54, 1.807) is 0 Å². The van der Waals surface area contributed by atoms with Gasteiger partial charge in [0.1, 0.15) is 6.04 Å². The number of aryl methyl sites for hydroxylation is 1. The number of hydrogen-bond acceptors (Lipinski definition) is 3. The number of aliphatic hydroxyl groups is 1. The molecule has 1 fully saturated rings. The van der Waals surface area contributed by atoms with Gasteiger partial charge < -0.3 is 20.4 Å². The standard InChI is InChI=1S/C15H20N2O4/c1-10-3-2-4-11(7-10)5-6-16-15(21)17-9-12(18)8-13(17)14(19)20/h2-4,7,12-13,18H,5-6,8-9H2,1H3,(H,16,21)(H,19,20)/t12-,13-/m1/s1. The number of nitrogens with one attached hydrogen (secondary N) is 1. The highest BCUT2D eigenvalue weighted by Crippen LogP contribution is 2.18. The van der Waals surface area contributed by atoms with Gasteiger partial charge in [0.2, 0.25) is 0 Å². The van der Waals surface area contributed by atoms with Crippen LogP contribution in [0.25, 0.3) is 0 Å². The van der Waals surface area contributed by atoms with Crippen molar-refractivity contribution in [3.8, 4) is 0 Å². The second kappa shape index (κ2) is 6.58. The fraction of sp³-hybridized carbons (Fsp3) is 0.467. The fourth-order valence-corrected chi connectivity index (χ4v) is 2.56. The molecule has 1 aliphatic rings. The number of β-amino-alcohol motifs (C(OH)–C–C–N with tert-alkyl or cyclic N) is 1. The van der Waals surface area contributed by atoms with Gasteiger partial charge in [-0.15, -0.1) is 0 Å². The topological polar surface area (TPSA) is 89.9 Å². The maximum atomic E-state index is 12.0. The number of urea groups is 1. The number of benzene rings is 1. The maximum absolute atomic E-state index is 12.0. The van der Waals surface area contributed by atoms with Gasteiger partial charge in [-0.1, -0.05) is 29.8 Å². The van der Waals surface area contributed by atoms with Crippen LogP contribution in [0.2, 0.25) is 0 Å². The van der Waals surface area contributed by atoms with Gasteiger partial charge in [0.15, 0.2) is 0 Å². The molecule has 1 heterocycles. The van der Waals surface area contributed by atoms with Gasteiger partial charge in [-0.3, -0.25) is 0 Å². The van der Waals surface area contributed by atoms with Crippen LogP contribution in [0.5, 0.6) is 0 Å². The minimum absolute atomic E-state index is 0.0627. The summed E-state index contributed by atoms with van der Waals surface area (Å²) in [7, 11) is 0. The van der Waals surface area contributed by atoms with Gasteiger partial charge in [0.05, 0.1) is 6.10 Å². The highest BCUT2D eigenvalue weighted by Gasteiger charge is 2.38. The molecule has 1 aliphatic heterocycles. The minimum Gasteiger partial charge on any atom is -0.480 e. The number of aliphatic carboxylic acids is 1. The average molecular weight is 292 g/mol. The van der Waals surface area contributed by atoms with E-state index in [2.05, 4.69) is 5.32 Å². The molecule has 6 heteroatoms. The first-order chi connectivity index (χ1) is 9.97. The number of rotatable bonds is 4. The number of nitrogens with zero attached hydrogens (tertiary/aromatic N) is 1.